The SMILES string of the molecule is Cc1nccc2c1c(=O)oc1cc(OC[C@@H](N)CC(C)C)ccc12.O=Cc1c(Cl)ccnc1Cl. The van der Waals surface area contributed by atoms with Crippen LogP contribution in [-0.4, -0.2) is 28.9 Å². The number of aryl methyl sites for hydroxylation is 1. The molecule has 1 aromatic carbocycles. The molecule has 0 fully saturated rings. The van der Waals surface area contributed by atoms with Crippen molar-refractivity contribution < 1.29 is 13.9 Å². The largest absolute Gasteiger partial charge is 0.492 e. The Labute approximate surface area is 206 Å². The van der Waals surface area contributed by atoms with Crippen LogP contribution in [0.2, 0.25) is 10.2 Å². The molecular formula is C25H25Cl2N3O4. The van der Waals surface area contributed by atoms with Gasteiger partial charge in [-0.2, -0.15) is 0 Å². The van der Waals surface area contributed by atoms with Crippen LogP contribution in [0.4, 0.5) is 0 Å². The number of benzene rings is 1. The molecule has 4 aromatic rings. The summed E-state index contributed by atoms with van der Waals surface area (Å²) >= 11 is 11.1. The van der Waals surface area contributed by atoms with E-state index in [4.69, 9.17) is 38.1 Å². The Bertz CT molecular complexity index is 1350. The second-order valence-electron chi connectivity index (χ2n) is 8.18. The fraction of sp³-hybridized carbons (Fsp3) is 0.280. The Hall–Kier alpha value is -3.00. The third kappa shape index (κ3) is 6.11. The lowest BCUT2D eigenvalue weighted by atomic mass is 10.1. The first-order chi connectivity index (χ1) is 16.2. The van der Waals surface area contributed by atoms with Crippen molar-refractivity contribution in [3.05, 3.63) is 74.6 Å². The van der Waals surface area contributed by atoms with Crippen LogP contribution in [0.25, 0.3) is 21.7 Å². The van der Waals surface area contributed by atoms with E-state index >= 15 is 0 Å². The van der Waals surface area contributed by atoms with Gasteiger partial charge in [0.05, 0.1) is 21.7 Å². The molecule has 0 bridgehead atoms. The van der Waals surface area contributed by atoms with Gasteiger partial charge in [0.15, 0.2) is 6.29 Å². The van der Waals surface area contributed by atoms with Gasteiger partial charge in [-0.25, -0.2) is 9.78 Å². The predicted molar refractivity (Wildman–Crippen MR) is 135 cm³/mol. The third-order valence-corrected chi connectivity index (χ3v) is 5.67. The van der Waals surface area contributed by atoms with Gasteiger partial charge in [0.1, 0.15) is 23.1 Å². The quantitative estimate of drug-likeness (QED) is 0.158. The van der Waals surface area contributed by atoms with E-state index in [-0.39, 0.29) is 22.4 Å². The summed E-state index contributed by atoms with van der Waals surface area (Å²) in [6.07, 6.45) is 4.63. The summed E-state index contributed by atoms with van der Waals surface area (Å²) in [6.45, 7) is 6.50. The molecule has 9 heteroatoms. The number of hydrogen-bond acceptors (Lipinski definition) is 7. The zero-order valence-electron chi connectivity index (χ0n) is 19.0. The normalized spacial score (nSPS) is 11.9. The summed E-state index contributed by atoms with van der Waals surface area (Å²) in [7, 11) is 0. The van der Waals surface area contributed by atoms with Crippen LogP contribution in [0, 0.1) is 12.8 Å². The lowest BCUT2D eigenvalue weighted by Crippen LogP contribution is -2.29. The maximum atomic E-state index is 12.2. The van der Waals surface area contributed by atoms with Gasteiger partial charge >= 0.3 is 5.63 Å². The first-order valence-corrected chi connectivity index (χ1v) is 11.4. The topological polar surface area (TPSA) is 108 Å². The number of nitrogens with two attached hydrogens (primary N) is 1. The van der Waals surface area contributed by atoms with E-state index in [1.165, 1.54) is 12.3 Å². The molecule has 0 saturated carbocycles. The Kier molecular flexibility index (Phi) is 8.61. The molecule has 34 heavy (non-hydrogen) atoms. The maximum absolute atomic E-state index is 12.2. The first-order valence-electron chi connectivity index (χ1n) is 10.7. The number of aldehydes is 1. The number of carbonyl (C=O) groups is 1. The Morgan fingerprint density at radius 1 is 1.12 bits per heavy atom. The fourth-order valence-corrected chi connectivity index (χ4v) is 3.95. The highest BCUT2D eigenvalue weighted by molar-refractivity contribution is 6.37. The van der Waals surface area contributed by atoms with E-state index in [0.717, 1.165) is 17.2 Å². The fourth-order valence-electron chi connectivity index (χ4n) is 3.51. The van der Waals surface area contributed by atoms with E-state index in [9.17, 15) is 9.59 Å². The van der Waals surface area contributed by atoms with E-state index in [1.807, 2.05) is 18.2 Å². The molecule has 0 aliphatic heterocycles. The number of halogens is 2. The molecule has 7 nitrogen and oxygen atoms in total. The molecule has 1 atom stereocenters. The number of ether oxygens (including phenoxy) is 1. The highest BCUT2D eigenvalue weighted by atomic mass is 35.5. The lowest BCUT2D eigenvalue weighted by molar-refractivity contribution is 0.112. The number of carbonyl (C=O) groups excluding carboxylic acids is 1. The second kappa shape index (κ2) is 11.4. The summed E-state index contributed by atoms with van der Waals surface area (Å²) in [5.74, 6) is 1.18. The molecule has 0 spiro atoms. The van der Waals surface area contributed by atoms with Gasteiger partial charge < -0.3 is 14.9 Å². The monoisotopic (exact) mass is 501 g/mol. The number of rotatable bonds is 6. The Morgan fingerprint density at radius 2 is 1.85 bits per heavy atom. The molecule has 0 saturated heterocycles. The van der Waals surface area contributed by atoms with Crippen LogP contribution in [0.1, 0.15) is 36.3 Å². The summed E-state index contributed by atoms with van der Waals surface area (Å²) in [6, 6.07) is 8.85. The van der Waals surface area contributed by atoms with E-state index in [0.29, 0.717) is 46.2 Å². The van der Waals surface area contributed by atoms with Crippen LogP contribution < -0.4 is 16.1 Å². The van der Waals surface area contributed by atoms with Crippen molar-refractivity contribution in [3.8, 4) is 5.75 Å². The second-order valence-corrected chi connectivity index (χ2v) is 8.95. The molecule has 4 rings (SSSR count). The van der Waals surface area contributed by atoms with Gasteiger partial charge in [0, 0.05) is 35.3 Å². The van der Waals surface area contributed by atoms with Crippen molar-refractivity contribution in [3.63, 3.8) is 0 Å². The molecule has 2 N–H and O–H groups in total. The van der Waals surface area contributed by atoms with Gasteiger partial charge in [-0.3, -0.25) is 9.78 Å². The van der Waals surface area contributed by atoms with Crippen LogP contribution in [0.3, 0.4) is 0 Å². The van der Waals surface area contributed by atoms with Gasteiger partial charge in [-0.05, 0) is 43.5 Å². The van der Waals surface area contributed by atoms with E-state index in [2.05, 4.69) is 23.8 Å². The molecular weight excluding hydrogens is 477 g/mol. The van der Waals surface area contributed by atoms with Gasteiger partial charge in [0.25, 0.3) is 0 Å². The minimum absolute atomic E-state index is 0.0157. The van der Waals surface area contributed by atoms with Crippen molar-refractivity contribution in [2.45, 2.75) is 33.2 Å². The summed E-state index contributed by atoms with van der Waals surface area (Å²) in [5, 5.41) is 2.71. The van der Waals surface area contributed by atoms with Crippen LogP contribution in [0.5, 0.6) is 5.75 Å². The molecule has 0 amide bonds. The predicted octanol–water partition coefficient (Wildman–Crippen LogP) is 5.60. The van der Waals surface area contributed by atoms with E-state index in [1.54, 1.807) is 19.2 Å². The van der Waals surface area contributed by atoms with Crippen LogP contribution >= 0.6 is 23.2 Å². The number of hydrogen-bond donors (Lipinski definition) is 1. The standard InChI is InChI=1S/C19H22N2O3.C6H3Cl2NO/c1-11(2)8-13(20)10-23-14-4-5-15-16-6-7-21-12(3)18(16)19(22)24-17(15)9-14;7-5-1-2-9-6(8)4(5)3-10/h4-7,9,11,13H,8,10,20H2,1-3H3;1-3H/t13-;/m0./s1. The zero-order valence-corrected chi connectivity index (χ0v) is 20.6. The number of pyridine rings is 2. The molecule has 0 aliphatic rings. The minimum atomic E-state index is -0.378. The highest BCUT2D eigenvalue weighted by Gasteiger charge is 2.12. The molecule has 3 aromatic heterocycles. The molecule has 0 radical (unpaired) electrons. The summed E-state index contributed by atoms with van der Waals surface area (Å²) in [4.78, 5) is 30.3. The molecule has 0 aliphatic carbocycles. The third-order valence-electron chi connectivity index (χ3n) is 5.03. The number of aromatic nitrogens is 2. The average Bonchev–Trinajstić information content (AvgIpc) is 2.78. The van der Waals surface area contributed by atoms with Gasteiger partial charge in [-0.15, -0.1) is 0 Å². The highest BCUT2D eigenvalue weighted by Crippen LogP contribution is 2.27. The van der Waals surface area contributed by atoms with Gasteiger partial charge in [0.2, 0.25) is 0 Å². The van der Waals surface area contributed by atoms with Crippen LogP contribution in [-0.2, 0) is 0 Å². The summed E-state index contributed by atoms with van der Waals surface area (Å²) < 4.78 is 11.2. The smallest absolute Gasteiger partial charge is 0.346 e. The Balaban J connectivity index is 0.000000271. The van der Waals surface area contributed by atoms with Crippen molar-refractivity contribution in [1.82, 2.24) is 9.97 Å². The minimum Gasteiger partial charge on any atom is -0.492 e. The van der Waals surface area contributed by atoms with Crippen molar-refractivity contribution in [2.75, 3.05) is 6.61 Å². The van der Waals surface area contributed by atoms with Crippen molar-refractivity contribution in [2.24, 2.45) is 11.7 Å². The Morgan fingerprint density at radius 3 is 2.50 bits per heavy atom. The van der Waals surface area contributed by atoms with Crippen molar-refractivity contribution in [1.29, 1.82) is 0 Å². The number of fused-ring (bicyclic) bond motifs is 3. The number of nitrogens with zero attached hydrogens (tertiary/aromatic N) is 2. The maximum Gasteiger partial charge on any atom is 0.346 e. The average molecular weight is 502 g/mol. The first kappa shape index (κ1) is 25.6. The molecule has 3 heterocycles. The summed E-state index contributed by atoms with van der Waals surface area (Å²) in [5.41, 5.74) is 7.09. The van der Waals surface area contributed by atoms with Crippen LogP contribution in [0.15, 0.2) is 51.9 Å². The molecule has 0 unspecified atom stereocenters. The zero-order chi connectivity index (χ0) is 24.8. The van der Waals surface area contributed by atoms with Gasteiger partial charge in [-0.1, -0.05) is 37.0 Å². The van der Waals surface area contributed by atoms with Crippen molar-refractivity contribution >= 4 is 51.2 Å². The lowest BCUT2D eigenvalue weighted by Gasteiger charge is -2.15. The van der Waals surface area contributed by atoms with E-state index < -0.39 is 0 Å². The molecule has 178 valence electrons.